The Morgan fingerprint density at radius 3 is 2.20 bits per heavy atom. The molecule has 0 saturated carbocycles. The highest BCUT2D eigenvalue weighted by atomic mass is 19.1. The number of halogens is 1. The Kier molecular flexibility index (Phi) is 5.57. The average molecular weight is 284 g/mol. The molecule has 1 heterocycles. The minimum Gasteiger partial charge on any atom is -0.468 e. The van der Waals surface area contributed by atoms with Gasteiger partial charge >= 0.3 is 11.9 Å². The first-order chi connectivity index (χ1) is 9.49. The molecule has 1 rings (SSSR count). The summed E-state index contributed by atoms with van der Waals surface area (Å²) in [5.74, 6) is -3.16. The predicted octanol–water partition coefficient (Wildman–Crippen LogP) is 0.00890. The Morgan fingerprint density at radius 1 is 1.20 bits per heavy atom. The minimum absolute atomic E-state index is 0.298. The summed E-state index contributed by atoms with van der Waals surface area (Å²) in [5, 5.41) is 0. The van der Waals surface area contributed by atoms with Crippen LogP contribution in [-0.4, -0.2) is 55.0 Å². The molecule has 0 unspecified atom stereocenters. The number of esters is 2. The van der Waals surface area contributed by atoms with Gasteiger partial charge in [-0.25, -0.2) is 4.39 Å². The number of pyridine rings is 1. The zero-order valence-corrected chi connectivity index (χ0v) is 11.0. The van der Waals surface area contributed by atoms with Gasteiger partial charge in [-0.1, -0.05) is 0 Å². The first kappa shape index (κ1) is 15.5. The number of nitrogens with zero attached hydrogens (tertiary/aromatic N) is 2. The van der Waals surface area contributed by atoms with Gasteiger partial charge in [0.05, 0.1) is 26.0 Å². The molecule has 1 aromatic rings. The summed E-state index contributed by atoms with van der Waals surface area (Å²) in [6, 6.07) is 1.15. The van der Waals surface area contributed by atoms with Crippen LogP contribution < -0.4 is 0 Å². The van der Waals surface area contributed by atoms with E-state index in [2.05, 4.69) is 14.5 Å². The fourth-order valence-electron chi connectivity index (χ4n) is 1.36. The van der Waals surface area contributed by atoms with Crippen molar-refractivity contribution in [1.29, 1.82) is 0 Å². The third-order valence-electron chi connectivity index (χ3n) is 2.39. The van der Waals surface area contributed by atoms with Gasteiger partial charge < -0.3 is 14.4 Å². The number of methoxy groups -OCH3 is 2. The summed E-state index contributed by atoms with van der Waals surface area (Å²) in [6.45, 7) is -0.988. The number of rotatable bonds is 5. The first-order valence-electron chi connectivity index (χ1n) is 5.52. The van der Waals surface area contributed by atoms with Gasteiger partial charge in [-0.05, 0) is 6.07 Å². The van der Waals surface area contributed by atoms with E-state index in [-0.39, 0.29) is 5.56 Å². The van der Waals surface area contributed by atoms with Crippen LogP contribution in [-0.2, 0) is 19.1 Å². The molecule has 108 valence electrons. The summed E-state index contributed by atoms with van der Waals surface area (Å²) in [6.07, 6.45) is 2.09. The molecule has 8 heteroatoms. The molecule has 0 bridgehead atoms. The van der Waals surface area contributed by atoms with E-state index in [1.54, 1.807) is 0 Å². The Balaban J connectivity index is 2.97. The van der Waals surface area contributed by atoms with Crippen molar-refractivity contribution in [2.24, 2.45) is 0 Å². The number of amides is 1. The summed E-state index contributed by atoms with van der Waals surface area (Å²) in [7, 11) is 2.27. The minimum atomic E-state index is -0.850. The number of carbonyl (C=O) groups excluding carboxylic acids is 3. The predicted molar refractivity (Wildman–Crippen MR) is 64.1 cm³/mol. The molecule has 0 N–H and O–H groups in total. The van der Waals surface area contributed by atoms with Gasteiger partial charge in [0.1, 0.15) is 13.1 Å². The second-order valence-electron chi connectivity index (χ2n) is 3.67. The monoisotopic (exact) mass is 284 g/mol. The van der Waals surface area contributed by atoms with Crippen molar-refractivity contribution in [1.82, 2.24) is 9.88 Å². The lowest BCUT2D eigenvalue weighted by Crippen LogP contribution is -2.40. The first-order valence-corrected chi connectivity index (χ1v) is 5.52. The maximum Gasteiger partial charge on any atom is 0.325 e. The smallest absolute Gasteiger partial charge is 0.325 e. The molecule has 0 spiro atoms. The molecule has 0 aliphatic heterocycles. The van der Waals surface area contributed by atoms with E-state index in [9.17, 15) is 18.8 Å². The highest BCUT2D eigenvalue weighted by molar-refractivity contribution is 5.97. The van der Waals surface area contributed by atoms with Gasteiger partial charge in [0, 0.05) is 6.20 Å². The van der Waals surface area contributed by atoms with Crippen LogP contribution in [0.25, 0.3) is 0 Å². The van der Waals surface area contributed by atoms with Crippen LogP contribution in [0.3, 0.4) is 0 Å². The Hall–Kier alpha value is -2.51. The molecular weight excluding hydrogens is 271 g/mol. The molecule has 20 heavy (non-hydrogen) atoms. The standard InChI is InChI=1S/C12H13FN2O5/c1-19-10(16)6-15(7-11(17)20-2)12(18)8-3-4-14-5-9(8)13/h3-5H,6-7H2,1-2H3. The highest BCUT2D eigenvalue weighted by Crippen LogP contribution is 2.09. The largest absolute Gasteiger partial charge is 0.468 e. The number of ether oxygens (including phenoxy) is 2. The summed E-state index contributed by atoms with van der Waals surface area (Å²) in [5.41, 5.74) is -0.298. The molecule has 1 amide bonds. The van der Waals surface area contributed by atoms with Crippen molar-refractivity contribution in [2.45, 2.75) is 0 Å². The van der Waals surface area contributed by atoms with E-state index >= 15 is 0 Å². The lowest BCUT2D eigenvalue weighted by Gasteiger charge is -2.20. The number of carbonyl (C=O) groups is 3. The highest BCUT2D eigenvalue weighted by Gasteiger charge is 2.24. The van der Waals surface area contributed by atoms with Gasteiger partial charge in [0.15, 0.2) is 5.82 Å². The van der Waals surface area contributed by atoms with Crippen LogP contribution in [0.2, 0.25) is 0 Å². The van der Waals surface area contributed by atoms with Crippen molar-refractivity contribution in [3.63, 3.8) is 0 Å². The summed E-state index contributed by atoms with van der Waals surface area (Å²) in [4.78, 5) is 38.9. The maximum atomic E-state index is 13.5. The van der Waals surface area contributed by atoms with Crippen LogP contribution >= 0.6 is 0 Å². The molecule has 0 radical (unpaired) electrons. The van der Waals surface area contributed by atoms with Gasteiger partial charge in [-0.2, -0.15) is 0 Å². The summed E-state index contributed by atoms with van der Waals surface area (Å²) < 4.78 is 22.3. The van der Waals surface area contributed by atoms with Crippen molar-refractivity contribution >= 4 is 17.8 Å². The van der Waals surface area contributed by atoms with Crippen LogP contribution in [0.1, 0.15) is 10.4 Å². The number of hydrogen-bond donors (Lipinski definition) is 0. The molecule has 0 fully saturated rings. The third-order valence-corrected chi connectivity index (χ3v) is 2.39. The fourth-order valence-corrected chi connectivity index (χ4v) is 1.36. The summed E-state index contributed by atoms with van der Waals surface area (Å²) >= 11 is 0. The molecule has 0 aromatic carbocycles. The third kappa shape index (κ3) is 4.01. The Bertz CT molecular complexity index is 502. The van der Waals surface area contributed by atoms with E-state index < -0.39 is 36.8 Å². The second-order valence-corrected chi connectivity index (χ2v) is 3.67. The lowest BCUT2D eigenvalue weighted by molar-refractivity contribution is -0.144. The number of hydrogen-bond acceptors (Lipinski definition) is 6. The maximum absolute atomic E-state index is 13.5. The zero-order valence-electron chi connectivity index (χ0n) is 11.0. The lowest BCUT2D eigenvalue weighted by atomic mass is 10.2. The van der Waals surface area contributed by atoms with Crippen molar-refractivity contribution in [3.8, 4) is 0 Å². The van der Waals surface area contributed by atoms with E-state index in [0.29, 0.717) is 0 Å². The van der Waals surface area contributed by atoms with Crippen LogP contribution in [0.4, 0.5) is 4.39 Å². The Labute approximate surface area is 114 Å². The quantitative estimate of drug-likeness (QED) is 0.708. The van der Waals surface area contributed by atoms with Crippen LogP contribution in [0, 0.1) is 5.82 Å². The molecule has 0 saturated heterocycles. The van der Waals surface area contributed by atoms with Crippen molar-refractivity contribution in [3.05, 3.63) is 29.8 Å². The van der Waals surface area contributed by atoms with E-state index in [0.717, 1.165) is 31.4 Å². The van der Waals surface area contributed by atoms with Gasteiger partial charge in [-0.15, -0.1) is 0 Å². The topological polar surface area (TPSA) is 85.8 Å². The normalized spacial score (nSPS) is 9.75. The van der Waals surface area contributed by atoms with E-state index in [1.165, 1.54) is 6.20 Å². The van der Waals surface area contributed by atoms with Crippen molar-refractivity contribution < 1.29 is 28.2 Å². The van der Waals surface area contributed by atoms with E-state index in [4.69, 9.17) is 0 Å². The number of aromatic nitrogens is 1. The Morgan fingerprint density at radius 2 is 1.75 bits per heavy atom. The van der Waals surface area contributed by atoms with E-state index in [1.807, 2.05) is 0 Å². The van der Waals surface area contributed by atoms with Crippen LogP contribution in [0.5, 0.6) is 0 Å². The fraction of sp³-hybridized carbons (Fsp3) is 0.333. The molecule has 1 aromatic heterocycles. The SMILES string of the molecule is COC(=O)CN(CC(=O)OC)C(=O)c1ccncc1F. The van der Waals surface area contributed by atoms with Gasteiger partial charge in [0.2, 0.25) is 0 Å². The van der Waals surface area contributed by atoms with Crippen LogP contribution in [0.15, 0.2) is 18.5 Å². The molecular formula is C12H13FN2O5. The van der Waals surface area contributed by atoms with Gasteiger partial charge in [-0.3, -0.25) is 19.4 Å². The average Bonchev–Trinajstić information content (AvgIpc) is 2.45. The molecule has 0 aliphatic rings. The second kappa shape index (κ2) is 7.17. The molecule has 0 atom stereocenters. The molecule has 7 nitrogen and oxygen atoms in total. The van der Waals surface area contributed by atoms with Gasteiger partial charge in [0.25, 0.3) is 5.91 Å². The molecule has 0 aliphatic carbocycles. The zero-order chi connectivity index (χ0) is 15.1. The van der Waals surface area contributed by atoms with Crippen molar-refractivity contribution in [2.75, 3.05) is 27.3 Å².